The van der Waals surface area contributed by atoms with E-state index in [1.165, 1.54) is 0 Å². The van der Waals surface area contributed by atoms with E-state index in [1.807, 2.05) is 6.92 Å². The summed E-state index contributed by atoms with van der Waals surface area (Å²) in [4.78, 5) is 21.5. The molecule has 0 aromatic heterocycles. The number of hydrogen-bond donors (Lipinski definition) is 0. The molecule has 7 heteroatoms. The Morgan fingerprint density at radius 2 is 1.75 bits per heavy atom. The zero-order valence-electron chi connectivity index (χ0n) is 12.8. The Hall–Kier alpha value is -2.24. The van der Waals surface area contributed by atoms with E-state index >= 15 is 0 Å². The lowest BCUT2D eigenvalue weighted by Gasteiger charge is -2.05. The number of halogens is 2. The predicted octanol–water partition coefficient (Wildman–Crippen LogP) is 4.26. The van der Waals surface area contributed by atoms with Gasteiger partial charge >= 0.3 is 0 Å². The van der Waals surface area contributed by atoms with Gasteiger partial charge in [0.25, 0.3) is 10.5 Å². The van der Waals surface area contributed by atoms with Crippen LogP contribution in [0.3, 0.4) is 0 Å². The average Bonchev–Trinajstić information content (AvgIpc) is 3.03. The summed E-state index contributed by atoms with van der Waals surface area (Å²) in [5.41, 5.74) is 0.835. The molecule has 0 saturated heterocycles. The molecule has 0 spiro atoms. The molecule has 2 aromatic rings. The lowest BCUT2D eigenvalue weighted by atomic mass is 10.2. The van der Waals surface area contributed by atoms with Crippen molar-refractivity contribution >= 4 is 33.7 Å². The Morgan fingerprint density at radius 1 is 1.04 bits per heavy atom. The van der Waals surface area contributed by atoms with Crippen molar-refractivity contribution in [3.8, 4) is 17.2 Å². The van der Waals surface area contributed by atoms with Crippen LogP contribution in [0.4, 0.5) is 0 Å². The van der Waals surface area contributed by atoms with E-state index in [0.717, 1.165) is 0 Å². The zero-order chi connectivity index (χ0) is 17.5. The lowest BCUT2D eigenvalue weighted by Crippen LogP contribution is -1.98. The standard InChI is InChI=1S/C9H9ClO2.C8H5ClO3/c1-2-12-8-6-4-3-5-7(8)9(10)11;9-8(10)5-1-2-6-7(3-5)12-4-11-6/h3-6H,2H2,1H3;1-3H,4H2. The van der Waals surface area contributed by atoms with Crippen LogP contribution in [0.15, 0.2) is 42.5 Å². The van der Waals surface area contributed by atoms with Gasteiger partial charge in [-0.25, -0.2) is 0 Å². The summed E-state index contributed by atoms with van der Waals surface area (Å²) < 4.78 is 15.3. The summed E-state index contributed by atoms with van der Waals surface area (Å²) in [7, 11) is 0. The van der Waals surface area contributed by atoms with Gasteiger partial charge in [-0.3, -0.25) is 9.59 Å². The Kier molecular flexibility index (Phi) is 6.46. The molecule has 0 unspecified atom stereocenters. The minimum atomic E-state index is -0.492. The number of carbonyl (C=O) groups is 2. The zero-order valence-corrected chi connectivity index (χ0v) is 14.3. The number of fused-ring (bicyclic) bond motifs is 1. The lowest BCUT2D eigenvalue weighted by molar-refractivity contribution is 0.107. The van der Waals surface area contributed by atoms with Gasteiger partial charge in [0.1, 0.15) is 5.75 Å². The molecule has 0 N–H and O–H groups in total. The molecular formula is C17H14Cl2O5. The van der Waals surface area contributed by atoms with Gasteiger partial charge < -0.3 is 14.2 Å². The van der Waals surface area contributed by atoms with E-state index in [9.17, 15) is 9.59 Å². The monoisotopic (exact) mass is 368 g/mol. The van der Waals surface area contributed by atoms with Crippen LogP contribution in [-0.2, 0) is 0 Å². The molecular weight excluding hydrogens is 355 g/mol. The normalized spacial score (nSPS) is 11.3. The number of carbonyl (C=O) groups excluding carboxylic acids is 2. The maximum Gasteiger partial charge on any atom is 0.256 e. The minimum absolute atomic E-state index is 0.204. The molecule has 0 amide bonds. The van der Waals surface area contributed by atoms with Gasteiger partial charge in [-0.2, -0.15) is 0 Å². The minimum Gasteiger partial charge on any atom is -0.493 e. The predicted molar refractivity (Wildman–Crippen MR) is 90.5 cm³/mol. The van der Waals surface area contributed by atoms with Crippen LogP contribution < -0.4 is 14.2 Å². The van der Waals surface area contributed by atoms with Crippen LogP contribution >= 0.6 is 23.2 Å². The molecule has 0 fully saturated rings. The molecule has 0 bridgehead atoms. The summed E-state index contributed by atoms with van der Waals surface area (Å²) in [5.74, 6) is 1.76. The smallest absolute Gasteiger partial charge is 0.256 e. The van der Waals surface area contributed by atoms with Gasteiger partial charge in [-0.15, -0.1) is 0 Å². The number of para-hydroxylation sites is 1. The van der Waals surface area contributed by atoms with Crippen molar-refractivity contribution in [1.29, 1.82) is 0 Å². The average molecular weight is 369 g/mol. The van der Waals surface area contributed by atoms with E-state index in [0.29, 0.717) is 35.0 Å². The highest BCUT2D eigenvalue weighted by Gasteiger charge is 2.14. The topological polar surface area (TPSA) is 61.8 Å². The van der Waals surface area contributed by atoms with E-state index < -0.39 is 10.5 Å². The fourth-order valence-corrected chi connectivity index (χ4v) is 2.20. The summed E-state index contributed by atoms with van der Waals surface area (Å²) >= 11 is 10.6. The van der Waals surface area contributed by atoms with Gasteiger partial charge in [0.05, 0.1) is 12.2 Å². The molecule has 1 aliphatic rings. The summed E-state index contributed by atoms with van der Waals surface area (Å²) in [6.07, 6.45) is 0. The van der Waals surface area contributed by atoms with Crippen molar-refractivity contribution in [1.82, 2.24) is 0 Å². The first-order valence-electron chi connectivity index (χ1n) is 7.04. The first kappa shape index (κ1) is 18.1. The van der Waals surface area contributed by atoms with Gasteiger partial charge in [-0.05, 0) is 60.5 Å². The molecule has 0 radical (unpaired) electrons. The Balaban J connectivity index is 0.000000174. The van der Waals surface area contributed by atoms with Crippen molar-refractivity contribution < 1.29 is 23.8 Å². The first-order chi connectivity index (χ1) is 11.5. The van der Waals surface area contributed by atoms with Crippen LogP contribution in [0.25, 0.3) is 0 Å². The van der Waals surface area contributed by atoms with Crippen molar-refractivity contribution in [2.24, 2.45) is 0 Å². The van der Waals surface area contributed by atoms with E-state index in [-0.39, 0.29) is 6.79 Å². The van der Waals surface area contributed by atoms with Crippen molar-refractivity contribution in [3.05, 3.63) is 53.6 Å². The van der Waals surface area contributed by atoms with Crippen LogP contribution in [0.5, 0.6) is 17.2 Å². The Morgan fingerprint density at radius 3 is 2.42 bits per heavy atom. The van der Waals surface area contributed by atoms with E-state index in [1.54, 1.807) is 42.5 Å². The molecule has 3 rings (SSSR count). The van der Waals surface area contributed by atoms with Crippen LogP contribution in [-0.4, -0.2) is 23.9 Å². The van der Waals surface area contributed by atoms with Crippen LogP contribution in [0, 0.1) is 0 Å². The Bertz CT molecular complexity index is 746. The Labute approximate surface area is 149 Å². The highest BCUT2D eigenvalue weighted by atomic mass is 35.5. The number of ether oxygens (including phenoxy) is 3. The number of rotatable bonds is 4. The van der Waals surface area contributed by atoms with Crippen molar-refractivity contribution in [3.63, 3.8) is 0 Å². The summed E-state index contributed by atoms with van der Waals surface area (Å²) in [6.45, 7) is 2.59. The third-order valence-electron chi connectivity index (χ3n) is 3.00. The highest BCUT2D eigenvalue weighted by molar-refractivity contribution is 6.68. The fraction of sp³-hybridized carbons (Fsp3) is 0.176. The fourth-order valence-electron chi connectivity index (χ4n) is 1.93. The second-order valence-electron chi connectivity index (χ2n) is 4.54. The van der Waals surface area contributed by atoms with Crippen LogP contribution in [0.2, 0.25) is 0 Å². The summed E-state index contributed by atoms with van der Waals surface area (Å²) in [6, 6.07) is 11.7. The maximum atomic E-state index is 10.8. The van der Waals surface area contributed by atoms with Gasteiger partial charge in [-0.1, -0.05) is 12.1 Å². The number of benzene rings is 2. The van der Waals surface area contributed by atoms with E-state index in [4.69, 9.17) is 37.4 Å². The molecule has 24 heavy (non-hydrogen) atoms. The molecule has 1 heterocycles. The molecule has 126 valence electrons. The molecule has 5 nitrogen and oxygen atoms in total. The van der Waals surface area contributed by atoms with Gasteiger partial charge in [0.2, 0.25) is 6.79 Å². The molecule has 1 aliphatic heterocycles. The third kappa shape index (κ3) is 4.63. The second-order valence-corrected chi connectivity index (χ2v) is 5.23. The van der Waals surface area contributed by atoms with Crippen molar-refractivity contribution in [2.45, 2.75) is 6.92 Å². The highest BCUT2D eigenvalue weighted by Crippen LogP contribution is 2.32. The molecule has 0 saturated carbocycles. The largest absolute Gasteiger partial charge is 0.493 e. The molecule has 2 aromatic carbocycles. The number of hydrogen-bond acceptors (Lipinski definition) is 5. The molecule has 0 atom stereocenters. The van der Waals surface area contributed by atoms with E-state index in [2.05, 4.69) is 0 Å². The van der Waals surface area contributed by atoms with Gasteiger partial charge in [0, 0.05) is 5.56 Å². The van der Waals surface area contributed by atoms with Crippen molar-refractivity contribution in [2.75, 3.05) is 13.4 Å². The third-order valence-corrected chi connectivity index (χ3v) is 3.42. The van der Waals surface area contributed by atoms with Crippen LogP contribution in [0.1, 0.15) is 27.6 Å². The SMILES string of the molecule is CCOc1ccccc1C(=O)Cl.O=C(Cl)c1ccc2c(c1)OCO2. The van der Waals surface area contributed by atoms with Gasteiger partial charge in [0.15, 0.2) is 11.5 Å². The molecule has 0 aliphatic carbocycles. The summed E-state index contributed by atoms with van der Waals surface area (Å²) in [5, 5.41) is -0.979. The maximum absolute atomic E-state index is 10.8. The second kappa shape index (κ2) is 8.57. The first-order valence-corrected chi connectivity index (χ1v) is 7.79. The quantitative estimate of drug-likeness (QED) is 0.754.